The number of aliphatic carboxylic acids is 4. The fourth-order valence-electron chi connectivity index (χ4n) is 3.35. The normalized spacial score (nSPS) is 12.7. The van der Waals surface area contributed by atoms with Crippen molar-refractivity contribution in [3.05, 3.63) is 78.1 Å². The maximum Gasteiger partial charge on any atom is 0.490 e. The van der Waals surface area contributed by atoms with Gasteiger partial charge in [-0.15, -0.1) is 0 Å². The summed E-state index contributed by atoms with van der Waals surface area (Å²) in [6, 6.07) is 12.3. The number of carboxylic acids is 4. The Morgan fingerprint density at radius 2 is 0.965 bits per heavy atom. The Bertz CT molecular complexity index is 1690. The van der Waals surface area contributed by atoms with Gasteiger partial charge in [0.15, 0.2) is 0 Å². The molecule has 1 fully saturated rings. The lowest BCUT2D eigenvalue weighted by Gasteiger charge is -2.37. The molecule has 27 heteroatoms. The molecule has 3 aromatic rings. The number of carboxylic acid groups (broad SMARTS) is 4. The van der Waals surface area contributed by atoms with Crippen LogP contribution in [-0.4, -0.2) is 111 Å². The molecule has 0 spiro atoms. The van der Waals surface area contributed by atoms with E-state index in [1.807, 2.05) is 18.2 Å². The number of aryl methyl sites for hydroxylation is 1. The lowest BCUT2D eigenvalue weighted by Crippen LogP contribution is -2.46. The van der Waals surface area contributed by atoms with Crippen molar-refractivity contribution in [2.75, 3.05) is 41.3 Å². The van der Waals surface area contributed by atoms with Crippen LogP contribution in [0, 0.1) is 12.7 Å². The smallest absolute Gasteiger partial charge is 0.475 e. The van der Waals surface area contributed by atoms with Gasteiger partial charge in [-0.2, -0.15) is 52.7 Å². The minimum atomic E-state index is -5.08. The molecule has 57 heavy (non-hydrogen) atoms. The van der Waals surface area contributed by atoms with Gasteiger partial charge in [0.25, 0.3) is 5.91 Å². The summed E-state index contributed by atoms with van der Waals surface area (Å²) in [6.07, 6.45) is -15.0. The number of alkyl halides is 12. The summed E-state index contributed by atoms with van der Waals surface area (Å²) < 4.78 is 141. The molecule has 0 saturated carbocycles. The van der Waals surface area contributed by atoms with Crippen molar-refractivity contribution in [2.24, 2.45) is 0 Å². The first-order chi connectivity index (χ1) is 25.9. The lowest BCUT2D eigenvalue weighted by atomic mass is 10.2. The fourth-order valence-corrected chi connectivity index (χ4v) is 3.35. The number of carbonyl (C=O) groups is 5. The molecule has 4 rings (SSSR count). The second-order valence-electron chi connectivity index (χ2n) is 10.2. The Morgan fingerprint density at radius 1 is 0.596 bits per heavy atom. The summed E-state index contributed by atoms with van der Waals surface area (Å²) in [4.78, 5) is 60.9. The number of amides is 1. The summed E-state index contributed by atoms with van der Waals surface area (Å²) >= 11 is 0. The highest BCUT2D eigenvalue weighted by molar-refractivity contribution is 6.03. The molecule has 1 amide bonds. The highest BCUT2D eigenvalue weighted by atomic mass is 19.4. The molecule has 3 heterocycles. The molecule has 0 unspecified atom stereocenters. The van der Waals surface area contributed by atoms with Crippen LogP contribution >= 0.6 is 0 Å². The molecule has 0 radical (unpaired) electrons. The van der Waals surface area contributed by atoms with Crippen molar-refractivity contribution in [2.45, 2.75) is 31.6 Å². The molecule has 14 nitrogen and oxygen atoms in total. The number of rotatable bonds is 4. The molecule has 0 aliphatic carbocycles. The van der Waals surface area contributed by atoms with Crippen molar-refractivity contribution in [1.82, 2.24) is 9.97 Å². The molecule has 316 valence electrons. The first-order valence-corrected chi connectivity index (χ1v) is 14.5. The summed E-state index contributed by atoms with van der Waals surface area (Å²) in [6.45, 7) is 5.24. The van der Waals surface area contributed by atoms with Crippen molar-refractivity contribution >= 4 is 46.8 Å². The van der Waals surface area contributed by atoms with E-state index in [9.17, 15) is 61.9 Å². The Kier molecular flexibility index (Phi) is 19.2. The summed E-state index contributed by atoms with van der Waals surface area (Å²) in [7, 11) is 0. The number of benzene rings is 1. The van der Waals surface area contributed by atoms with Gasteiger partial charge in [0.2, 0.25) is 0 Å². The zero-order chi connectivity index (χ0) is 44.5. The number of pyridine rings is 2. The number of hydrogen-bond acceptors (Lipinski definition) is 9. The lowest BCUT2D eigenvalue weighted by molar-refractivity contribution is -0.193. The van der Waals surface area contributed by atoms with Crippen LogP contribution in [0.5, 0.6) is 0 Å². The van der Waals surface area contributed by atoms with Gasteiger partial charge in [0.1, 0.15) is 11.5 Å². The molecule has 5 N–H and O–H groups in total. The van der Waals surface area contributed by atoms with Crippen LogP contribution in [0.2, 0.25) is 0 Å². The van der Waals surface area contributed by atoms with Crippen molar-refractivity contribution in [3.63, 3.8) is 0 Å². The van der Waals surface area contributed by atoms with Crippen molar-refractivity contribution in [1.29, 1.82) is 0 Å². The number of aromatic nitrogens is 2. The average Bonchev–Trinajstić information content (AvgIpc) is 3.10. The number of nitrogens with zero attached hydrogens (tertiary/aromatic N) is 4. The molecule has 1 aliphatic rings. The zero-order valence-corrected chi connectivity index (χ0v) is 28.1. The van der Waals surface area contributed by atoms with E-state index in [0.29, 0.717) is 16.9 Å². The zero-order valence-electron chi connectivity index (χ0n) is 28.1. The van der Waals surface area contributed by atoms with E-state index in [1.54, 1.807) is 43.7 Å². The molecule has 1 aliphatic heterocycles. The number of anilines is 3. The van der Waals surface area contributed by atoms with E-state index < -0.39 is 48.6 Å². The Labute approximate surface area is 309 Å². The minimum absolute atomic E-state index is 0.296. The predicted octanol–water partition coefficient (Wildman–Crippen LogP) is 6.04. The quantitative estimate of drug-likeness (QED) is 0.190. The molecule has 0 bridgehead atoms. The monoisotopic (exact) mass is 847 g/mol. The van der Waals surface area contributed by atoms with Gasteiger partial charge >= 0.3 is 48.6 Å². The summed E-state index contributed by atoms with van der Waals surface area (Å²) in [5, 5.41) is 31.2. The topological polar surface area (TPSA) is 211 Å². The molecule has 2 aromatic heterocycles. The molecule has 1 aromatic carbocycles. The SMILES string of the molecule is Cc1ccc(NC(=O)c2ccc(N3CCN(c4ccncc4)CC3)cn2)cc1F.O=C(O)C(F)(F)F.O=C(O)C(F)(F)F.O=C(O)C(F)(F)F.O=C(O)C(F)(F)F. The molecule has 1 saturated heterocycles. The van der Waals surface area contributed by atoms with E-state index >= 15 is 0 Å². The minimum Gasteiger partial charge on any atom is -0.475 e. The highest BCUT2D eigenvalue weighted by Gasteiger charge is 2.40. The van der Waals surface area contributed by atoms with E-state index in [1.165, 1.54) is 11.8 Å². The van der Waals surface area contributed by atoms with Crippen molar-refractivity contribution in [3.8, 4) is 0 Å². The van der Waals surface area contributed by atoms with E-state index in [2.05, 4.69) is 25.1 Å². The van der Waals surface area contributed by atoms with Gasteiger partial charge in [-0.25, -0.2) is 28.6 Å². The van der Waals surface area contributed by atoms with Gasteiger partial charge in [0.05, 0.1) is 11.9 Å². The molecular formula is C30H26F13N5O9. The van der Waals surface area contributed by atoms with Crippen LogP contribution in [0.3, 0.4) is 0 Å². The number of halogens is 13. The molecule has 0 atom stereocenters. The van der Waals surface area contributed by atoms with E-state index in [0.717, 1.165) is 31.9 Å². The second kappa shape index (κ2) is 21.6. The van der Waals surface area contributed by atoms with Gasteiger partial charge < -0.3 is 35.5 Å². The van der Waals surface area contributed by atoms with Gasteiger partial charge in [-0.3, -0.25) is 9.78 Å². The third-order valence-corrected chi connectivity index (χ3v) is 6.05. The van der Waals surface area contributed by atoms with Crippen LogP contribution in [0.25, 0.3) is 0 Å². The number of hydrogen-bond donors (Lipinski definition) is 5. The summed E-state index contributed by atoms with van der Waals surface area (Å²) in [5.74, 6) is -11.7. The fraction of sp³-hybridized carbons (Fsp3) is 0.300. The first-order valence-electron chi connectivity index (χ1n) is 14.5. The van der Waals surface area contributed by atoms with Crippen LogP contribution in [0.1, 0.15) is 16.1 Å². The Hall–Kier alpha value is -6.44. The van der Waals surface area contributed by atoms with Crippen LogP contribution < -0.4 is 15.1 Å². The molecular weight excluding hydrogens is 821 g/mol. The van der Waals surface area contributed by atoms with Crippen LogP contribution in [0.15, 0.2) is 61.1 Å². The third kappa shape index (κ3) is 20.2. The second-order valence-corrected chi connectivity index (χ2v) is 10.2. The highest BCUT2D eigenvalue weighted by Crippen LogP contribution is 2.21. The third-order valence-electron chi connectivity index (χ3n) is 6.05. The maximum atomic E-state index is 13.6. The number of carbonyl (C=O) groups excluding carboxylic acids is 1. The largest absolute Gasteiger partial charge is 0.490 e. The predicted molar refractivity (Wildman–Crippen MR) is 167 cm³/mol. The van der Waals surface area contributed by atoms with Gasteiger partial charge in [-0.1, -0.05) is 6.07 Å². The van der Waals surface area contributed by atoms with Crippen molar-refractivity contribution < 1.29 is 101 Å². The van der Waals surface area contributed by atoms with E-state index in [-0.39, 0.29) is 11.7 Å². The van der Waals surface area contributed by atoms with Crippen LogP contribution in [0.4, 0.5) is 74.1 Å². The van der Waals surface area contributed by atoms with E-state index in [4.69, 9.17) is 39.6 Å². The standard InChI is InChI=1S/C22H22FN5O.4C2HF3O2/c1-16-2-3-17(14-20(16)23)26-22(29)21-5-4-19(15-25-21)28-12-10-27(11-13-28)18-6-8-24-9-7-18;4*3-2(4,5)1(6)7/h2-9,14-15H,10-13H2,1H3,(H,26,29);4*(H,6,7). The van der Waals surface area contributed by atoms with Gasteiger partial charge in [-0.05, 0) is 48.9 Å². The van der Waals surface area contributed by atoms with Gasteiger partial charge in [0, 0.05) is 49.9 Å². The first kappa shape index (κ1) is 50.6. The Balaban J connectivity index is 0.000000909. The maximum absolute atomic E-state index is 13.6. The number of piperazine rings is 1. The Morgan fingerprint density at radius 3 is 1.28 bits per heavy atom. The summed E-state index contributed by atoms with van der Waals surface area (Å²) in [5.41, 5.74) is 3.41. The van der Waals surface area contributed by atoms with Crippen LogP contribution in [-0.2, 0) is 19.2 Å². The average molecular weight is 848 g/mol. The number of nitrogens with one attached hydrogen (secondary N) is 1.